The molecule has 2 aliphatic heterocycles. The van der Waals surface area contributed by atoms with Gasteiger partial charge in [0.15, 0.2) is 0 Å². The average molecular weight is 267 g/mol. The SMILES string of the molecule is O=C(N[C@@H]1CC2CCC1N2)c1cc2ccccc2cn1. The third-order valence-corrected chi connectivity index (χ3v) is 4.48. The number of hydrogen-bond donors (Lipinski definition) is 2. The number of carbonyl (C=O) groups is 1. The summed E-state index contributed by atoms with van der Waals surface area (Å²) in [5, 5.41) is 8.77. The van der Waals surface area contributed by atoms with Crippen molar-refractivity contribution < 1.29 is 4.79 Å². The lowest BCUT2D eigenvalue weighted by Gasteiger charge is -2.21. The fourth-order valence-corrected chi connectivity index (χ4v) is 3.43. The number of pyridine rings is 1. The van der Waals surface area contributed by atoms with Gasteiger partial charge in [-0.1, -0.05) is 24.3 Å². The second-order valence-electron chi connectivity index (χ2n) is 5.78. The van der Waals surface area contributed by atoms with Crippen molar-refractivity contribution in [2.24, 2.45) is 0 Å². The predicted octanol–water partition coefficient (Wildman–Crippen LogP) is 1.86. The van der Waals surface area contributed by atoms with Crippen molar-refractivity contribution in [2.45, 2.75) is 37.4 Å². The Morgan fingerprint density at radius 1 is 1.25 bits per heavy atom. The number of hydrogen-bond acceptors (Lipinski definition) is 3. The van der Waals surface area contributed by atoms with E-state index < -0.39 is 0 Å². The van der Waals surface area contributed by atoms with Crippen LogP contribution in [-0.2, 0) is 0 Å². The molecule has 0 spiro atoms. The maximum atomic E-state index is 12.3. The molecule has 2 unspecified atom stereocenters. The molecule has 1 aromatic heterocycles. The number of aromatic nitrogens is 1. The number of nitrogens with one attached hydrogen (secondary N) is 2. The van der Waals surface area contributed by atoms with Gasteiger partial charge in [-0.15, -0.1) is 0 Å². The molecule has 3 heterocycles. The molecule has 1 amide bonds. The first-order valence-corrected chi connectivity index (χ1v) is 7.21. The summed E-state index contributed by atoms with van der Waals surface area (Å²) in [4.78, 5) is 16.6. The number of benzene rings is 1. The molecule has 0 saturated carbocycles. The van der Waals surface area contributed by atoms with E-state index in [2.05, 4.69) is 15.6 Å². The van der Waals surface area contributed by atoms with E-state index in [4.69, 9.17) is 0 Å². The standard InChI is InChI=1S/C16H17N3O/c20-16(19-14-8-12-5-6-13(14)18-12)15-7-10-3-1-2-4-11(10)9-17-15/h1-4,7,9,12-14,18H,5-6,8H2,(H,19,20)/t12?,13?,14-/m1/s1. The molecular formula is C16H17N3O. The normalized spacial score (nSPS) is 27.9. The molecule has 2 fully saturated rings. The fraction of sp³-hybridized carbons (Fsp3) is 0.375. The third-order valence-electron chi connectivity index (χ3n) is 4.48. The fourth-order valence-electron chi connectivity index (χ4n) is 3.43. The molecule has 3 atom stereocenters. The van der Waals surface area contributed by atoms with E-state index in [1.807, 2.05) is 30.3 Å². The highest BCUT2D eigenvalue weighted by atomic mass is 16.2. The lowest BCUT2D eigenvalue weighted by Crippen LogP contribution is -2.43. The van der Waals surface area contributed by atoms with Crippen molar-refractivity contribution in [1.29, 1.82) is 0 Å². The lowest BCUT2D eigenvalue weighted by molar-refractivity contribution is 0.0926. The van der Waals surface area contributed by atoms with Gasteiger partial charge in [-0.25, -0.2) is 0 Å². The topological polar surface area (TPSA) is 54.0 Å². The summed E-state index contributed by atoms with van der Waals surface area (Å²) < 4.78 is 0. The molecular weight excluding hydrogens is 250 g/mol. The molecule has 2 saturated heterocycles. The minimum Gasteiger partial charge on any atom is -0.346 e. The summed E-state index contributed by atoms with van der Waals surface area (Å²) in [7, 11) is 0. The van der Waals surface area contributed by atoms with Gasteiger partial charge in [0, 0.05) is 29.7 Å². The van der Waals surface area contributed by atoms with Crippen LogP contribution in [0.1, 0.15) is 29.8 Å². The predicted molar refractivity (Wildman–Crippen MR) is 77.6 cm³/mol. The summed E-state index contributed by atoms with van der Waals surface area (Å²) in [5.41, 5.74) is 0.506. The van der Waals surface area contributed by atoms with Crippen LogP contribution in [0.25, 0.3) is 10.8 Å². The molecule has 0 aliphatic carbocycles. The largest absolute Gasteiger partial charge is 0.346 e. The first-order chi connectivity index (χ1) is 9.79. The van der Waals surface area contributed by atoms with Crippen molar-refractivity contribution in [3.8, 4) is 0 Å². The van der Waals surface area contributed by atoms with Crippen LogP contribution in [0.2, 0.25) is 0 Å². The van der Waals surface area contributed by atoms with Crippen molar-refractivity contribution in [1.82, 2.24) is 15.6 Å². The summed E-state index contributed by atoms with van der Waals surface area (Å²) in [6.45, 7) is 0. The smallest absolute Gasteiger partial charge is 0.270 e. The number of nitrogens with zero attached hydrogens (tertiary/aromatic N) is 1. The maximum absolute atomic E-state index is 12.3. The van der Waals surface area contributed by atoms with Gasteiger partial charge in [0.05, 0.1) is 0 Å². The first-order valence-electron chi connectivity index (χ1n) is 7.21. The highest BCUT2D eigenvalue weighted by molar-refractivity contribution is 5.96. The Morgan fingerprint density at radius 3 is 2.85 bits per heavy atom. The molecule has 2 aromatic rings. The molecule has 1 aromatic carbocycles. The van der Waals surface area contributed by atoms with E-state index in [9.17, 15) is 4.79 Å². The molecule has 102 valence electrons. The second kappa shape index (κ2) is 4.56. The van der Waals surface area contributed by atoms with Crippen LogP contribution in [0.4, 0.5) is 0 Å². The van der Waals surface area contributed by atoms with Gasteiger partial charge in [0.1, 0.15) is 5.69 Å². The van der Waals surface area contributed by atoms with Crippen molar-refractivity contribution in [3.05, 3.63) is 42.2 Å². The summed E-state index contributed by atoms with van der Waals surface area (Å²) in [6.07, 6.45) is 5.22. The first kappa shape index (κ1) is 11.9. The molecule has 2 aliphatic rings. The van der Waals surface area contributed by atoms with Gasteiger partial charge in [-0.3, -0.25) is 9.78 Å². The monoisotopic (exact) mass is 267 g/mol. The van der Waals surface area contributed by atoms with E-state index >= 15 is 0 Å². The van der Waals surface area contributed by atoms with Crippen LogP contribution in [0.15, 0.2) is 36.5 Å². The van der Waals surface area contributed by atoms with Crippen LogP contribution < -0.4 is 10.6 Å². The van der Waals surface area contributed by atoms with Crippen molar-refractivity contribution in [3.63, 3.8) is 0 Å². The van der Waals surface area contributed by atoms with Gasteiger partial charge in [-0.2, -0.15) is 0 Å². The summed E-state index contributed by atoms with van der Waals surface area (Å²) in [5.74, 6) is -0.0601. The van der Waals surface area contributed by atoms with Gasteiger partial charge >= 0.3 is 0 Å². The minimum absolute atomic E-state index is 0.0601. The molecule has 2 N–H and O–H groups in total. The Bertz CT molecular complexity index is 670. The van der Waals surface area contributed by atoms with Gasteiger partial charge in [-0.05, 0) is 30.7 Å². The van der Waals surface area contributed by atoms with Gasteiger partial charge < -0.3 is 10.6 Å². The zero-order valence-electron chi connectivity index (χ0n) is 11.2. The summed E-state index contributed by atoms with van der Waals surface area (Å²) in [6, 6.07) is 11.1. The number of fused-ring (bicyclic) bond motifs is 3. The Labute approximate surface area is 117 Å². The van der Waals surface area contributed by atoms with E-state index in [1.54, 1.807) is 6.20 Å². The molecule has 20 heavy (non-hydrogen) atoms. The van der Waals surface area contributed by atoms with Crippen LogP contribution >= 0.6 is 0 Å². The Kier molecular flexibility index (Phi) is 2.70. The van der Waals surface area contributed by atoms with Crippen LogP contribution in [-0.4, -0.2) is 29.0 Å². The van der Waals surface area contributed by atoms with E-state index in [1.165, 1.54) is 12.8 Å². The number of amides is 1. The van der Waals surface area contributed by atoms with Crippen LogP contribution in [0.3, 0.4) is 0 Å². The molecule has 4 rings (SSSR count). The van der Waals surface area contributed by atoms with E-state index in [0.29, 0.717) is 17.8 Å². The molecule has 2 bridgehead atoms. The average Bonchev–Trinajstić information content (AvgIpc) is 3.09. The van der Waals surface area contributed by atoms with E-state index in [0.717, 1.165) is 17.2 Å². The van der Waals surface area contributed by atoms with Crippen LogP contribution in [0.5, 0.6) is 0 Å². The number of carbonyl (C=O) groups excluding carboxylic acids is 1. The zero-order valence-corrected chi connectivity index (χ0v) is 11.2. The van der Waals surface area contributed by atoms with Gasteiger partial charge in [0.2, 0.25) is 0 Å². The number of rotatable bonds is 2. The summed E-state index contributed by atoms with van der Waals surface area (Å²) >= 11 is 0. The van der Waals surface area contributed by atoms with Crippen LogP contribution in [0, 0.1) is 0 Å². The van der Waals surface area contributed by atoms with Gasteiger partial charge in [0.25, 0.3) is 5.91 Å². The third kappa shape index (κ3) is 1.96. The Hall–Kier alpha value is -1.94. The highest BCUT2D eigenvalue weighted by Crippen LogP contribution is 2.28. The maximum Gasteiger partial charge on any atom is 0.270 e. The molecule has 0 radical (unpaired) electrons. The Morgan fingerprint density at radius 2 is 2.10 bits per heavy atom. The minimum atomic E-state index is -0.0601. The van der Waals surface area contributed by atoms with E-state index in [-0.39, 0.29) is 11.9 Å². The second-order valence-corrected chi connectivity index (χ2v) is 5.78. The molecule has 4 nitrogen and oxygen atoms in total. The Balaban J connectivity index is 1.54. The zero-order chi connectivity index (χ0) is 13.5. The van der Waals surface area contributed by atoms with Crippen molar-refractivity contribution >= 4 is 16.7 Å². The quantitative estimate of drug-likeness (QED) is 0.873. The van der Waals surface area contributed by atoms with Crippen molar-refractivity contribution in [2.75, 3.05) is 0 Å². The molecule has 4 heteroatoms. The lowest BCUT2D eigenvalue weighted by atomic mass is 9.95. The highest BCUT2D eigenvalue weighted by Gasteiger charge is 2.39.